The van der Waals surface area contributed by atoms with Crippen LogP contribution in [0.2, 0.25) is 0 Å². The van der Waals surface area contributed by atoms with Gasteiger partial charge >= 0.3 is 5.97 Å². The smallest absolute Gasteiger partial charge is 0.358 e. The number of hydrogen-bond acceptors (Lipinski definition) is 4. The van der Waals surface area contributed by atoms with Crippen molar-refractivity contribution in [3.8, 4) is 11.3 Å². The third-order valence-corrected chi connectivity index (χ3v) is 2.28. The van der Waals surface area contributed by atoms with Crippen molar-refractivity contribution in [1.82, 2.24) is 5.16 Å². The summed E-state index contributed by atoms with van der Waals surface area (Å²) in [5.74, 6) is -0.644. The normalized spacial score (nSPS) is 10.2. The highest BCUT2D eigenvalue weighted by atomic mass is 16.5. The summed E-state index contributed by atoms with van der Waals surface area (Å²) < 4.78 is 4.96. The van der Waals surface area contributed by atoms with Crippen molar-refractivity contribution in [2.24, 2.45) is 0 Å². The van der Waals surface area contributed by atoms with Crippen molar-refractivity contribution in [2.75, 3.05) is 11.9 Å². The van der Waals surface area contributed by atoms with Gasteiger partial charge in [-0.1, -0.05) is 5.16 Å². The molecule has 2 aromatic rings. The Morgan fingerprint density at radius 3 is 2.65 bits per heavy atom. The molecule has 0 fully saturated rings. The number of carboxylic acid groups (broad SMARTS) is 1. The summed E-state index contributed by atoms with van der Waals surface area (Å²) in [6, 6.07) is 8.92. The lowest BCUT2D eigenvalue weighted by Crippen LogP contribution is -1.95. The average molecular weight is 232 g/mol. The van der Waals surface area contributed by atoms with Crippen LogP contribution < -0.4 is 5.32 Å². The van der Waals surface area contributed by atoms with Gasteiger partial charge in [0.05, 0.1) is 0 Å². The highest BCUT2D eigenvalue weighted by Gasteiger charge is 2.11. The minimum atomic E-state index is -1.09. The van der Waals surface area contributed by atoms with E-state index in [2.05, 4.69) is 10.5 Å². The number of anilines is 1. The minimum absolute atomic E-state index is 0.0873. The van der Waals surface area contributed by atoms with E-state index in [1.807, 2.05) is 31.2 Å². The van der Waals surface area contributed by atoms with Crippen molar-refractivity contribution in [3.63, 3.8) is 0 Å². The lowest BCUT2D eigenvalue weighted by Gasteiger charge is -2.02. The molecule has 0 radical (unpaired) electrons. The van der Waals surface area contributed by atoms with E-state index in [0.717, 1.165) is 17.8 Å². The van der Waals surface area contributed by atoms with Crippen LogP contribution in [0.4, 0.5) is 5.69 Å². The van der Waals surface area contributed by atoms with Crippen LogP contribution >= 0.6 is 0 Å². The van der Waals surface area contributed by atoms with E-state index in [1.54, 1.807) is 0 Å². The van der Waals surface area contributed by atoms with Crippen LogP contribution in [0.15, 0.2) is 34.9 Å². The molecule has 88 valence electrons. The Morgan fingerprint density at radius 2 is 2.12 bits per heavy atom. The van der Waals surface area contributed by atoms with Crippen molar-refractivity contribution in [3.05, 3.63) is 36.0 Å². The molecule has 0 atom stereocenters. The monoisotopic (exact) mass is 232 g/mol. The number of nitrogens with zero attached hydrogens (tertiary/aromatic N) is 1. The third-order valence-electron chi connectivity index (χ3n) is 2.28. The summed E-state index contributed by atoms with van der Waals surface area (Å²) >= 11 is 0. The zero-order valence-corrected chi connectivity index (χ0v) is 9.30. The number of nitrogens with one attached hydrogen (secondary N) is 1. The third kappa shape index (κ3) is 2.44. The van der Waals surface area contributed by atoms with E-state index >= 15 is 0 Å². The predicted octanol–water partition coefficient (Wildman–Crippen LogP) is 2.47. The van der Waals surface area contributed by atoms with Gasteiger partial charge in [0.2, 0.25) is 0 Å². The van der Waals surface area contributed by atoms with Gasteiger partial charge in [-0.3, -0.25) is 0 Å². The number of hydrogen-bond donors (Lipinski definition) is 2. The first-order valence-corrected chi connectivity index (χ1v) is 5.25. The molecule has 5 nitrogen and oxygen atoms in total. The number of carbonyl (C=O) groups is 1. The Hall–Kier alpha value is -2.30. The van der Waals surface area contributed by atoms with E-state index in [0.29, 0.717) is 5.76 Å². The van der Waals surface area contributed by atoms with E-state index in [4.69, 9.17) is 9.63 Å². The van der Waals surface area contributed by atoms with Gasteiger partial charge < -0.3 is 14.9 Å². The van der Waals surface area contributed by atoms with E-state index < -0.39 is 5.97 Å². The number of carboxylic acids is 1. The SMILES string of the molecule is CCNc1ccc(-c2cc(C(=O)O)no2)cc1. The zero-order chi connectivity index (χ0) is 12.3. The zero-order valence-electron chi connectivity index (χ0n) is 9.30. The van der Waals surface area contributed by atoms with Gasteiger partial charge in [0.25, 0.3) is 0 Å². The molecule has 0 amide bonds. The van der Waals surface area contributed by atoms with Gasteiger partial charge in [-0.15, -0.1) is 0 Å². The predicted molar refractivity (Wildman–Crippen MR) is 63.1 cm³/mol. The first kappa shape index (κ1) is 11.2. The van der Waals surface area contributed by atoms with E-state index in [-0.39, 0.29) is 5.69 Å². The van der Waals surface area contributed by atoms with Crippen molar-refractivity contribution in [2.45, 2.75) is 6.92 Å². The topological polar surface area (TPSA) is 75.4 Å². The van der Waals surface area contributed by atoms with Crippen LogP contribution in [-0.4, -0.2) is 22.8 Å². The second-order valence-corrected chi connectivity index (χ2v) is 3.49. The maximum absolute atomic E-state index is 10.7. The number of benzene rings is 1. The van der Waals surface area contributed by atoms with Crippen molar-refractivity contribution in [1.29, 1.82) is 0 Å². The second kappa shape index (κ2) is 4.69. The summed E-state index contributed by atoms with van der Waals surface area (Å²) in [5, 5.41) is 15.4. The molecule has 0 aliphatic heterocycles. The summed E-state index contributed by atoms with van der Waals surface area (Å²) in [5.41, 5.74) is 1.72. The first-order valence-electron chi connectivity index (χ1n) is 5.25. The fourth-order valence-corrected chi connectivity index (χ4v) is 1.47. The molecule has 0 spiro atoms. The minimum Gasteiger partial charge on any atom is -0.476 e. The van der Waals surface area contributed by atoms with Crippen LogP contribution in [0, 0.1) is 0 Å². The largest absolute Gasteiger partial charge is 0.476 e. The lowest BCUT2D eigenvalue weighted by molar-refractivity contribution is 0.0686. The van der Waals surface area contributed by atoms with Crippen molar-refractivity contribution < 1.29 is 14.4 Å². The van der Waals surface area contributed by atoms with Gasteiger partial charge in [-0.05, 0) is 31.2 Å². The number of rotatable bonds is 4. The average Bonchev–Trinajstić information content (AvgIpc) is 2.80. The molecule has 2 rings (SSSR count). The Bertz CT molecular complexity index is 517. The number of aromatic nitrogens is 1. The summed E-state index contributed by atoms with van der Waals surface area (Å²) in [4.78, 5) is 10.7. The van der Waals surface area contributed by atoms with Crippen LogP contribution in [-0.2, 0) is 0 Å². The molecule has 5 heteroatoms. The molecule has 0 saturated heterocycles. The van der Waals surface area contributed by atoms with Crippen LogP contribution in [0.3, 0.4) is 0 Å². The number of aromatic carboxylic acids is 1. The van der Waals surface area contributed by atoms with Gasteiger partial charge in [-0.25, -0.2) is 4.79 Å². The fraction of sp³-hybridized carbons (Fsp3) is 0.167. The quantitative estimate of drug-likeness (QED) is 0.846. The highest BCUT2D eigenvalue weighted by molar-refractivity contribution is 5.86. The Kier molecular flexibility index (Phi) is 3.09. The van der Waals surface area contributed by atoms with Gasteiger partial charge in [0, 0.05) is 23.9 Å². The standard InChI is InChI=1S/C12H12N2O3/c1-2-13-9-5-3-8(4-6-9)11-7-10(12(15)16)14-17-11/h3-7,13H,2H2,1H3,(H,15,16). The molecular weight excluding hydrogens is 220 g/mol. The molecule has 0 bridgehead atoms. The Morgan fingerprint density at radius 1 is 1.41 bits per heavy atom. The molecular formula is C12H12N2O3. The maximum Gasteiger partial charge on any atom is 0.358 e. The van der Waals surface area contributed by atoms with Crippen molar-refractivity contribution >= 4 is 11.7 Å². The van der Waals surface area contributed by atoms with Crippen LogP contribution in [0.25, 0.3) is 11.3 Å². The summed E-state index contributed by atoms with van der Waals surface area (Å²) in [6.07, 6.45) is 0. The Labute approximate surface area is 98.1 Å². The van der Waals surface area contributed by atoms with Gasteiger partial charge in [0.1, 0.15) is 0 Å². The molecule has 17 heavy (non-hydrogen) atoms. The van der Waals surface area contributed by atoms with Crippen LogP contribution in [0.5, 0.6) is 0 Å². The molecule has 1 aromatic carbocycles. The molecule has 0 saturated carbocycles. The molecule has 0 aliphatic rings. The van der Waals surface area contributed by atoms with Crippen LogP contribution in [0.1, 0.15) is 17.4 Å². The van der Waals surface area contributed by atoms with E-state index in [1.165, 1.54) is 6.07 Å². The highest BCUT2D eigenvalue weighted by Crippen LogP contribution is 2.22. The van der Waals surface area contributed by atoms with E-state index in [9.17, 15) is 4.79 Å². The van der Waals surface area contributed by atoms with Gasteiger partial charge in [0.15, 0.2) is 11.5 Å². The molecule has 1 aromatic heterocycles. The van der Waals surface area contributed by atoms with Gasteiger partial charge in [-0.2, -0.15) is 0 Å². The molecule has 0 unspecified atom stereocenters. The first-order chi connectivity index (χ1) is 8.20. The maximum atomic E-state index is 10.7. The lowest BCUT2D eigenvalue weighted by atomic mass is 10.1. The fourth-order valence-electron chi connectivity index (χ4n) is 1.47. The molecule has 2 N–H and O–H groups in total. The summed E-state index contributed by atoms with van der Waals surface area (Å²) in [7, 11) is 0. The molecule has 0 aliphatic carbocycles. The Balaban J connectivity index is 2.23. The molecule has 1 heterocycles. The second-order valence-electron chi connectivity index (χ2n) is 3.49. The summed E-state index contributed by atoms with van der Waals surface area (Å²) in [6.45, 7) is 2.87.